The Balaban J connectivity index is 2.77. The summed E-state index contributed by atoms with van der Waals surface area (Å²) in [5.74, 6) is 1.18. The van der Waals surface area contributed by atoms with Crippen LogP contribution in [-0.4, -0.2) is 5.78 Å². The van der Waals surface area contributed by atoms with E-state index in [0.717, 1.165) is 19.3 Å². The first-order valence-electron chi connectivity index (χ1n) is 5.90. The third-order valence-electron chi connectivity index (χ3n) is 4.06. The highest BCUT2D eigenvalue weighted by molar-refractivity contribution is 5.79. The number of carbonyl (C=O) groups is 1. The molecule has 0 aromatic carbocycles. The van der Waals surface area contributed by atoms with E-state index in [1.807, 2.05) is 0 Å². The van der Waals surface area contributed by atoms with Gasteiger partial charge in [-0.3, -0.25) is 4.79 Å². The van der Waals surface area contributed by atoms with E-state index >= 15 is 0 Å². The lowest BCUT2D eigenvalue weighted by Crippen LogP contribution is -2.35. The van der Waals surface area contributed by atoms with E-state index in [0.29, 0.717) is 30.5 Å². The lowest BCUT2D eigenvalue weighted by Gasteiger charge is -2.41. The molecule has 2 unspecified atom stereocenters. The van der Waals surface area contributed by atoms with Crippen molar-refractivity contribution in [3.63, 3.8) is 0 Å². The van der Waals surface area contributed by atoms with Gasteiger partial charge in [-0.2, -0.15) is 5.26 Å². The van der Waals surface area contributed by atoms with Gasteiger partial charge in [0, 0.05) is 19.3 Å². The fourth-order valence-corrected chi connectivity index (χ4v) is 2.71. The normalized spacial score (nSPS) is 27.5. The average molecular weight is 207 g/mol. The van der Waals surface area contributed by atoms with Crippen molar-refractivity contribution in [3.05, 3.63) is 0 Å². The van der Waals surface area contributed by atoms with E-state index in [2.05, 4.69) is 26.8 Å². The summed E-state index contributed by atoms with van der Waals surface area (Å²) in [6.07, 6.45) is 3.98. The van der Waals surface area contributed by atoms with Gasteiger partial charge in [-0.25, -0.2) is 0 Å². The predicted octanol–water partition coefficient (Wildman–Crippen LogP) is 3.32. The molecule has 0 spiro atoms. The Morgan fingerprint density at radius 1 is 1.53 bits per heavy atom. The lowest BCUT2D eigenvalue weighted by atomic mass is 9.63. The molecular formula is C13H21NO. The summed E-state index contributed by atoms with van der Waals surface area (Å²) in [7, 11) is 0. The Labute approximate surface area is 92.7 Å². The largest absolute Gasteiger partial charge is 0.300 e. The van der Waals surface area contributed by atoms with Crippen LogP contribution in [0.1, 0.15) is 52.9 Å². The number of nitrogens with zero attached hydrogens (tertiary/aromatic N) is 1. The summed E-state index contributed by atoms with van der Waals surface area (Å²) >= 11 is 0. The van der Waals surface area contributed by atoms with Crippen molar-refractivity contribution in [2.24, 2.45) is 17.3 Å². The molecule has 0 aromatic rings. The molecule has 0 aromatic heterocycles. The second-order valence-corrected chi connectivity index (χ2v) is 5.35. The summed E-state index contributed by atoms with van der Waals surface area (Å²) < 4.78 is 0. The van der Waals surface area contributed by atoms with Gasteiger partial charge in [0.15, 0.2) is 0 Å². The zero-order valence-corrected chi connectivity index (χ0v) is 10.0. The molecule has 0 heterocycles. The molecule has 0 saturated heterocycles. The van der Waals surface area contributed by atoms with E-state index in [-0.39, 0.29) is 5.41 Å². The molecule has 0 radical (unpaired) electrons. The van der Waals surface area contributed by atoms with Crippen LogP contribution >= 0.6 is 0 Å². The van der Waals surface area contributed by atoms with Gasteiger partial charge in [-0.1, -0.05) is 27.2 Å². The first kappa shape index (κ1) is 12.2. The molecule has 2 nitrogen and oxygen atoms in total. The van der Waals surface area contributed by atoms with Gasteiger partial charge in [0.1, 0.15) is 5.78 Å². The van der Waals surface area contributed by atoms with E-state index in [4.69, 9.17) is 5.26 Å². The van der Waals surface area contributed by atoms with Crippen LogP contribution in [0.3, 0.4) is 0 Å². The molecule has 0 N–H and O–H groups in total. The maximum absolute atomic E-state index is 11.4. The molecule has 1 aliphatic carbocycles. The van der Waals surface area contributed by atoms with Crippen molar-refractivity contribution in [1.29, 1.82) is 5.26 Å². The van der Waals surface area contributed by atoms with E-state index < -0.39 is 0 Å². The van der Waals surface area contributed by atoms with Crippen molar-refractivity contribution in [2.75, 3.05) is 0 Å². The molecule has 0 amide bonds. The Morgan fingerprint density at radius 2 is 2.20 bits per heavy atom. The van der Waals surface area contributed by atoms with Crippen LogP contribution in [0.4, 0.5) is 0 Å². The van der Waals surface area contributed by atoms with Crippen LogP contribution < -0.4 is 0 Å². The number of hydrogen-bond donors (Lipinski definition) is 0. The number of ketones is 1. The highest BCUT2D eigenvalue weighted by Gasteiger charge is 2.38. The van der Waals surface area contributed by atoms with Crippen LogP contribution in [0, 0.1) is 28.6 Å². The third kappa shape index (κ3) is 2.81. The van der Waals surface area contributed by atoms with E-state index in [1.54, 1.807) is 0 Å². The number of Topliss-reactive ketones (excluding diaryl/α,β-unsaturated/α-hetero) is 1. The smallest absolute Gasteiger partial charge is 0.133 e. The molecule has 0 aliphatic heterocycles. The molecule has 1 saturated carbocycles. The van der Waals surface area contributed by atoms with E-state index in [9.17, 15) is 4.79 Å². The third-order valence-corrected chi connectivity index (χ3v) is 4.06. The Bertz CT molecular complexity index is 275. The molecule has 2 heteroatoms. The van der Waals surface area contributed by atoms with Gasteiger partial charge in [0.05, 0.1) is 6.07 Å². The SMILES string of the molecule is CCC(C)(C)C1CCC(=O)CC1CC#N. The van der Waals surface area contributed by atoms with Crippen molar-refractivity contribution in [1.82, 2.24) is 0 Å². The Morgan fingerprint density at radius 3 is 2.73 bits per heavy atom. The first-order chi connectivity index (χ1) is 7.01. The number of hydrogen-bond acceptors (Lipinski definition) is 2. The van der Waals surface area contributed by atoms with Crippen LogP contribution in [0.2, 0.25) is 0 Å². The zero-order chi connectivity index (χ0) is 11.5. The maximum Gasteiger partial charge on any atom is 0.133 e. The highest BCUT2D eigenvalue weighted by atomic mass is 16.1. The van der Waals surface area contributed by atoms with E-state index in [1.165, 1.54) is 0 Å². The predicted molar refractivity (Wildman–Crippen MR) is 60.1 cm³/mol. The van der Waals surface area contributed by atoms with Gasteiger partial charge >= 0.3 is 0 Å². The topological polar surface area (TPSA) is 40.9 Å². The van der Waals surface area contributed by atoms with Gasteiger partial charge in [0.2, 0.25) is 0 Å². The minimum atomic E-state index is 0.266. The number of carbonyl (C=O) groups excluding carboxylic acids is 1. The maximum atomic E-state index is 11.4. The average Bonchev–Trinajstić information content (AvgIpc) is 2.18. The van der Waals surface area contributed by atoms with Crippen LogP contribution in [0.25, 0.3) is 0 Å². The summed E-state index contributed by atoms with van der Waals surface area (Å²) in [6.45, 7) is 6.72. The van der Waals surface area contributed by atoms with Gasteiger partial charge in [-0.05, 0) is 23.7 Å². The summed E-state index contributed by atoms with van der Waals surface area (Å²) in [5.41, 5.74) is 0.266. The van der Waals surface area contributed by atoms with Crippen molar-refractivity contribution >= 4 is 5.78 Å². The van der Waals surface area contributed by atoms with Crippen LogP contribution in [-0.2, 0) is 4.79 Å². The Kier molecular flexibility index (Phi) is 3.90. The number of nitriles is 1. The molecule has 15 heavy (non-hydrogen) atoms. The van der Waals surface area contributed by atoms with Crippen LogP contribution in [0.5, 0.6) is 0 Å². The molecule has 1 aliphatic rings. The highest BCUT2D eigenvalue weighted by Crippen LogP contribution is 2.44. The van der Waals surface area contributed by atoms with Gasteiger partial charge in [-0.15, -0.1) is 0 Å². The Hall–Kier alpha value is -0.840. The second-order valence-electron chi connectivity index (χ2n) is 5.35. The molecule has 2 atom stereocenters. The quantitative estimate of drug-likeness (QED) is 0.712. The minimum Gasteiger partial charge on any atom is -0.300 e. The monoisotopic (exact) mass is 207 g/mol. The first-order valence-corrected chi connectivity index (χ1v) is 5.90. The van der Waals surface area contributed by atoms with Gasteiger partial charge < -0.3 is 0 Å². The zero-order valence-electron chi connectivity index (χ0n) is 10.0. The van der Waals surface area contributed by atoms with Crippen molar-refractivity contribution in [2.45, 2.75) is 52.9 Å². The van der Waals surface area contributed by atoms with Gasteiger partial charge in [0.25, 0.3) is 0 Å². The molecule has 84 valence electrons. The molecular weight excluding hydrogens is 186 g/mol. The fraction of sp³-hybridized carbons (Fsp3) is 0.846. The standard InChI is InChI=1S/C13H21NO/c1-4-13(2,3)12-6-5-11(15)9-10(12)7-8-14/h10,12H,4-7,9H2,1-3H3. The lowest BCUT2D eigenvalue weighted by molar-refractivity contribution is -0.124. The minimum absolute atomic E-state index is 0.266. The van der Waals surface area contributed by atoms with Crippen molar-refractivity contribution < 1.29 is 4.79 Å². The second kappa shape index (κ2) is 4.79. The van der Waals surface area contributed by atoms with Crippen molar-refractivity contribution in [3.8, 4) is 6.07 Å². The summed E-state index contributed by atoms with van der Waals surface area (Å²) in [5, 5.41) is 8.80. The fourth-order valence-electron chi connectivity index (χ4n) is 2.71. The number of rotatable bonds is 3. The summed E-state index contributed by atoms with van der Waals surface area (Å²) in [4.78, 5) is 11.4. The van der Waals surface area contributed by atoms with Crippen LogP contribution in [0.15, 0.2) is 0 Å². The molecule has 1 fully saturated rings. The summed E-state index contributed by atoms with van der Waals surface area (Å²) in [6, 6.07) is 2.23. The molecule has 1 rings (SSSR count). The molecule has 0 bridgehead atoms.